The van der Waals surface area contributed by atoms with E-state index in [0.29, 0.717) is 5.69 Å². The molecule has 0 saturated carbocycles. The van der Waals surface area contributed by atoms with Gasteiger partial charge in [-0.05, 0) is 36.4 Å². The van der Waals surface area contributed by atoms with Crippen LogP contribution in [0.5, 0.6) is 5.75 Å². The van der Waals surface area contributed by atoms with Crippen LogP contribution >= 0.6 is 0 Å². The van der Waals surface area contributed by atoms with Crippen molar-refractivity contribution in [3.63, 3.8) is 0 Å². The quantitative estimate of drug-likeness (QED) is 0.827. The van der Waals surface area contributed by atoms with Crippen LogP contribution in [0.3, 0.4) is 0 Å². The van der Waals surface area contributed by atoms with Crippen molar-refractivity contribution in [3.8, 4) is 5.75 Å². The smallest absolute Gasteiger partial charge is 0.387 e. The van der Waals surface area contributed by atoms with E-state index < -0.39 is 25.1 Å². The molecule has 0 unspecified atom stereocenters. The van der Waals surface area contributed by atoms with Crippen LogP contribution in [0.2, 0.25) is 0 Å². The Kier molecular flexibility index (Phi) is 5.56. The van der Waals surface area contributed by atoms with E-state index in [9.17, 15) is 18.4 Å². The molecular weight excluding hydrogens is 310 g/mol. The predicted molar refractivity (Wildman–Crippen MR) is 76.2 cm³/mol. The van der Waals surface area contributed by atoms with Crippen molar-refractivity contribution in [1.29, 1.82) is 0 Å². The van der Waals surface area contributed by atoms with Crippen LogP contribution in [-0.4, -0.2) is 30.1 Å². The molecule has 0 bridgehead atoms. The van der Waals surface area contributed by atoms with Gasteiger partial charge < -0.3 is 14.8 Å². The molecule has 6 nitrogen and oxygen atoms in total. The number of rotatable bonds is 6. The summed E-state index contributed by atoms with van der Waals surface area (Å²) in [6.45, 7) is -3.41. The number of hydrogen-bond donors (Lipinski definition) is 1. The number of pyridine rings is 1. The summed E-state index contributed by atoms with van der Waals surface area (Å²) in [5.41, 5.74) is 0.444. The predicted octanol–water partition coefficient (Wildman–Crippen LogP) is 2.48. The van der Waals surface area contributed by atoms with E-state index in [-0.39, 0.29) is 11.4 Å². The van der Waals surface area contributed by atoms with Gasteiger partial charge in [-0.15, -0.1) is 0 Å². The van der Waals surface area contributed by atoms with Gasteiger partial charge in [-0.2, -0.15) is 8.78 Å². The number of benzene rings is 1. The highest BCUT2D eigenvalue weighted by Crippen LogP contribution is 2.17. The molecule has 0 aliphatic carbocycles. The Hall–Kier alpha value is -3.03. The lowest BCUT2D eigenvalue weighted by Gasteiger charge is -2.08. The number of ether oxygens (including phenoxy) is 2. The Morgan fingerprint density at radius 1 is 1.13 bits per heavy atom. The second-order valence-electron chi connectivity index (χ2n) is 4.24. The molecule has 2 aromatic rings. The molecule has 23 heavy (non-hydrogen) atoms. The maximum absolute atomic E-state index is 12.0. The van der Waals surface area contributed by atoms with Gasteiger partial charge in [0.1, 0.15) is 11.4 Å². The van der Waals surface area contributed by atoms with Crippen LogP contribution in [0.15, 0.2) is 48.7 Å². The summed E-state index contributed by atoms with van der Waals surface area (Å²) >= 11 is 0. The zero-order valence-corrected chi connectivity index (χ0v) is 11.7. The monoisotopic (exact) mass is 322 g/mol. The Bertz CT molecular complexity index is 663. The second kappa shape index (κ2) is 7.83. The summed E-state index contributed by atoms with van der Waals surface area (Å²) < 4.78 is 33.0. The summed E-state index contributed by atoms with van der Waals surface area (Å²) in [6, 6.07) is 10.1. The average Bonchev–Trinajstić information content (AvgIpc) is 2.55. The minimum atomic E-state index is -2.92. The van der Waals surface area contributed by atoms with Crippen LogP contribution in [0, 0.1) is 0 Å². The van der Waals surface area contributed by atoms with Gasteiger partial charge >= 0.3 is 12.6 Å². The van der Waals surface area contributed by atoms with Crippen LogP contribution in [0.4, 0.5) is 14.5 Å². The van der Waals surface area contributed by atoms with Gasteiger partial charge in [0.15, 0.2) is 6.61 Å². The van der Waals surface area contributed by atoms with E-state index in [0.717, 1.165) is 0 Å². The zero-order valence-electron chi connectivity index (χ0n) is 11.7. The number of anilines is 1. The Morgan fingerprint density at radius 3 is 2.48 bits per heavy atom. The van der Waals surface area contributed by atoms with Gasteiger partial charge in [0.25, 0.3) is 5.91 Å². The molecule has 0 fully saturated rings. The third-order valence-electron chi connectivity index (χ3n) is 2.57. The van der Waals surface area contributed by atoms with Crippen LogP contribution in [0.25, 0.3) is 0 Å². The van der Waals surface area contributed by atoms with E-state index in [2.05, 4.69) is 15.0 Å². The van der Waals surface area contributed by atoms with Gasteiger partial charge in [-0.25, -0.2) is 9.78 Å². The molecule has 1 aromatic heterocycles. The fraction of sp³-hybridized carbons (Fsp3) is 0.133. The van der Waals surface area contributed by atoms with Crippen LogP contribution in [0.1, 0.15) is 10.5 Å². The molecule has 8 heteroatoms. The number of nitrogens with zero attached hydrogens (tertiary/aromatic N) is 1. The molecule has 0 atom stereocenters. The van der Waals surface area contributed by atoms with Crippen molar-refractivity contribution in [3.05, 3.63) is 54.4 Å². The zero-order chi connectivity index (χ0) is 16.7. The van der Waals surface area contributed by atoms with Gasteiger partial charge in [0, 0.05) is 11.9 Å². The normalized spacial score (nSPS) is 10.2. The summed E-state index contributed by atoms with van der Waals surface area (Å²) in [7, 11) is 0. The number of alkyl halides is 2. The van der Waals surface area contributed by atoms with E-state index >= 15 is 0 Å². The average molecular weight is 322 g/mol. The maximum atomic E-state index is 12.0. The first-order valence-electron chi connectivity index (χ1n) is 6.47. The first-order chi connectivity index (χ1) is 11.0. The number of esters is 1. The molecule has 2 rings (SSSR count). The minimum absolute atomic E-state index is 0.0282. The molecule has 0 aliphatic rings. The summed E-state index contributed by atoms with van der Waals surface area (Å²) in [4.78, 5) is 27.0. The van der Waals surface area contributed by atoms with Gasteiger partial charge in [-0.3, -0.25) is 4.79 Å². The number of carbonyl (C=O) groups excluding carboxylic acids is 2. The van der Waals surface area contributed by atoms with Crippen molar-refractivity contribution in [2.75, 3.05) is 11.9 Å². The molecule has 1 N–H and O–H groups in total. The summed E-state index contributed by atoms with van der Waals surface area (Å²) in [6.07, 6.45) is 1.43. The lowest BCUT2D eigenvalue weighted by atomic mass is 10.3. The Balaban J connectivity index is 1.81. The topological polar surface area (TPSA) is 77.5 Å². The number of nitrogens with one attached hydrogen (secondary N) is 1. The van der Waals surface area contributed by atoms with Gasteiger partial charge in [0.05, 0.1) is 0 Å². The van der Waals surface area contributed by atoms with E-state index in [4.69, 9.17) is 4.74 Å². The Morgan fingerprint density at radius 2 is 1.87 bits per heavy atom. The van der Waals surface area contributed by atoms with Crippen LogP contribution < -0.4 is 10.1 Å². The second-order valence-corrected chi connectivity index (χ2v) is 4.24. The molecule has 0 spiro atoms. The fourth-order valence-corrected chi connectivity index (χ4v) is 1.61. The fourth-order valence-electron chi connectivity index (χ4n) is 1.61. The number of carbonyl (C=O) groups is 2. The highest BCUT2D eigenvalue weighted by molar-refractivity contribution is 5.94. The highest BCUT2D eigenvalue weighted by Gasteiger charge is 2.11. The molecular formula is C15H12F2N2O4. The Labute approximate surface area is 130 Å². The highest BCUT2D eigenvalue weighted by atomic mass is 19.3. The van der Waals surface area contributed by atoms with Crippen molar-refractivity contribution in [2.24, 2.45) is 0 Å². The molecule has 0 aliphatic heterocycles. The third kappa shape index (κ3) is 5.34. The molecule has 1 aromatic carbocycles. The maximum Gasteiger partial charge on any atom is 0.387 e. The minimum Gasteiger partial charge on any atom is -0.451 e. The van der Waals surface area contributed by atoms with E-state index in [1.54, 1.807) is 12.1 Å². The molecule has 0 radical (unpaired) electrons. The summed E-state index contributed by atoms with van der Waals surface area (Å²) in [5.74, 6) is -1.32. The van der Waals surface area contributed by atoms with E-state index in [1.165, 1.54) is 36.5 Å². The molecule has 1 amide bonds. The SMILES string of the molecule is O=C(COC(=O)c1ccccn1)Nc1ccc(OC(F)F)cc1. The molecule has 0 saturated heterocycles. The third-order valence-corrected chi connectivity index (χ3v) is 2.57. The number of aromatic nitrogens is 1. The number of hydrogen-bond acceptors (Lipinski definition) is 5. The van der Waals surface area contributed by atoms with E-state index in [1.807, 2.05) is 0 Å². The van der Waals surface area contributed by atoms with Crippen molar-refractivity contribution < 1.29 is 27.8 Å². The number of halogens is 2. The van der Waals surface area contributed by atoms with Crippen molar-refractivity contribution in [2.45, 2.75) is 6.61 Å². The number of amides is 1. The van der Waals surface area contributed by atoms with Gasteiger partial charge in [0.2, 0.25) is 0 Å². The van der Waals surface area contributed by atoms with Crippen LogP contribution in [-0.2, 0) is 9.53 Å². The van der Waals surface area contributed by atoms with Crippen molar-refractivity contribution >= 4 is 17.6 Å². The molecule has 120 valence electrons. The summed E-state index contributed by atoms with van der Waals surface area (Å²) in [5, 5.41) is 2.45. The lowest BCUT2D eigenvalue weighted by molar-refractivity contribution is -0.119. The van der Waals surface area contributed by atoms with Crippen molar-refractivity contribution in [1.82, 2.24) is 4.98 Å². The van der Waals surface area contributed by atoms with Gasteiger partial charge in [-0.1, -0.05) is 6.07 Å². The first-order valence-corrected chi connectivity index (χ1v) is 6.47. The standard InChI is InChI=1S/C15H12F2N2O4/c16-15(17)23-11-6-4-10(5-7-11)19-13(20)9-22-14(21)12-3-1-2-8-18-12/h1-8,15H,9H2,(H,19,20). The lowest BCUT2D eigenvalue weighted by Crippen LogP contribution is -2.21. The largest absolute Gasteiger partial charge is 0.451 e. The molecule has 1 heterocycles. The first kappa shape index (κ1) is 16.3.